The molecule has 2 rings (SSSR count). The molecule has 0 saturated heterocycles. The van der Waals surface area contributed by atoms with E-state index in [1.54, 1.807) is 0 Å². The SMILES string of the molecule is CC1CCCC1(C#N)c1cccc(N)c1. The molecule has 0 aliphatic heterocycles. The molecule has 0 radical (unpaired) electrons. The molecule has 1 fully saturated rings. The summed E-state index contributed by atoms with van der Waals surface area (Å²) in [5.74, 6) is 0.435. The van der Waals surface area contributed by atoms with Crippen molar-refractivity contribution in [1.29, 1.82) is 5.26 Å². The normalized spacial score (nSPS) is 30.0. The van der Waals surface area contributed by atoms with E-state index in [4.69, 9.17) is 5.73 Å². The Kier molecular flexibility index (Phi) is 2.40. The van der Waals surface area contributed by atoms with Crippen molar-refractivity contribution in [2.75, 3.05) is 5.73 Å². The zero-order valence-electron chi connectivity index (χ0n) is 9.03. The van der Waals surface area contributed by atoms with Gasteiger partial charge in [-0.3, -0.25) is 0 Å². The molecule has 2 heteroatoms. The molecule has 0 bridgehead atoms. The second kappa shape index (κ2) is 3.58. The first-order chi connectivity index (χ1) is 7.19. The zero-order chi connectivity index (χ0) is 10.9. The second-order valence-corrected chi connectivity index (χ2v) is 4.50. The van der Waals surface area contributed by atoms with Crippen LogP contribution in [0.25, 0.3) is 0 Å². The molecule has 0 aromatic heterocycles. The van der Waals surface area contributed by atoms with Gasteiger partial charge in [0.1, 0.15) is 0 Å². The molecule has 1 aromatic carbocycles. The van der Waals surface area contributed by atoms with Gasteiger partial charge in [-0.25, -0.2) is 0 Å². The minimum absolute atomic E-state index is 0.296. The second-order valence-electron chi connectivity index (χ2n) is 4.50. The summed E-state index contributed by atoms with van der Waals surface area (Å²) in [5, 5.41) is 9.44. The predicted octanol–water partition coefficient (Wildman–Crippen LogP) is 2.85. The number of hydrogen-bond donors (Lipinski definition) is 1. The average Bonchev–Trinajstić information content (AvgIpc) is 2.61. The summed E-state index contributed by atoms with van der Waals surface area (Å²) in [6.45, 7) is 2.17. The van der Waals surface area contributed by atoms with Crippen molar-refractivity contribution < 1.29 is 0 Å². The molecule has 2 unspecified atom stereocenters. The highest BCUT2D eigenvalue weighted by Crippen LogP contribution is 2.45. The largest absolute Gasteiger partial charge is 0.399 e. The fourth-order valence-corrected chi connectivity index (χ4v) is 2.66. The predicted molar refractivity (Wildman–Crippen MR) is 61.2 cm³/mol. The van der Waals surface area contributed by atoms with Crippen molar-refractivity contribution in [3.8, 4) is 6.07 Å². The first-order valence-electron chi connectivity index (χ1n) is 5.46. The molecule has 0 heterocycles. The van der Waals surface area contributed by atoms with E-state index in [1.165, 1.54) is 0 Å². The van der Waals surface area contributed by atoms with Crippen LogP contribution in [0.2, 0.25) is 0 Å². The summed E-state index contributed by atoms with van der Waals surface area (Å²) in [6.07, 6.45) is 3.25. The summed E-state index contributed by atoms with van der Waals surface area (Å²) in [6, 6.07) is 10.3. The smallest absolute Gasteiger partial charge is 0.0848 e. The number of rotatable bonds is 1. The Labute approximate surface area is 90.7 Å². The Morgan fingerprint density at radius 2 is 2.33 bits per heavy atom. The van der Waals surface area contributed by atoms with Crippen LogP contribution in [0.15, 0.2) is 24.3 Å². The highest BCUT2D eigenvalue weighted by molar-refractivity contribution is 5.46. The fourth-order valence-electron chi connectivity index (χ4n) is 2.66. The number of nitrogen functional groups attached to an aromatic ring is 1. The van der Waals surface area contributed by atoms with E-state index in [-0.39, 0.29) is 5.41 Å². The highest BCUT2D eigenvalue weighted by Gasteiger charge is 2.42. The molecule has 1 aromatic rings. The summed E-state index contributed by atoms with van der Waals surface area (Å²) in [4.78, 5) is 0. The molecule has 1 saturated carbocycles. The van der Waals surface area contributed by atoms with Gasteiger partial charge in [0, 0.05) is 5.69 Å². The van der Waals surface area contributed by atoms with Crippen molar-refractivity contribution in [2.45, 2.75) is 31.6 Å². The Hall–Kier alpha value is -1.49. The molecule has 15 heavy (non-hydrogen) atoms. The Morgan fingerprint density at radius 3 is 2.87 bits per heavy atom. The lowest BCUT2D eigenvalue weighted by Crippen LogP contribution is -2.26. The van der Waals surface area contributed by atoms with E-state index in [0.717, 1.165) is 30.5 Å². The molecule has 1 aliphatic carbocycles. The van der Waals surface area contributed by atoms with Crippen LogP contribution in [0, 0.1) is 17.2 Å². The lowest BCUT2D eigenvalue weighted by molar-refractivity contribution is 0.431. The van der Waals surface area contributed by atoms with Gasteiger partial charge in [-0.05, 0) is 36.5 Å². The van der Waals surface area contributed by atoms with Crippen LogP contribution in [0.5, 0.6) is 0 Å². The molecule has 2 nitrogen and oxygen atoms in total. The van der Waals surface area contributed by atoms with Gasteiger partial charge < -0.3 is 5.73 Å². The Balaban J connectivity index is 2.48. The van der Waals surface area contributed by atoms with Crippen LogP contribution in [0.3, 0.4) is 0 Å². The van der Waals surface area contributed by atoms with Crippen LogP contribution in [-0.4, -0.2) is 0 Å². The molecule has 1 aliphatic rings. The fraction of sp³-hybridized carbons (Fsp3) is 0.462. The van der Waals surface area contributed by atoms with Gasteiger partial charge in [-0.2, -0.15) is 5.26 Å². The van der Waals surface area contributed by atoms with Crippen LogP contribution in [-0.2, 0) is 5.41 Å². The molecule has 2 N–H and O–H groups in total. The molecule has 78 valence electrons. The van der Waals surface area contributed by atoms with Crippen LogP contribution < -0.4 is 5.73 Å². The van der Waals surface area contributed by atoms with Gasteiger partial charge in [-0.1, -0.05) is 25.5 Å². The van der Waals surface area contributed by atoms with Crippen LogP contribution in [0.4, 0.5) is 5.69 Å². The van der Waals surface area contributed by atoms with E-state index in [0.29, 0.717) is 5.92 Å². The van der Waals surface area contributed by atoms with Gasteiger partial charge in [0.2, 0.25) is 0 Å². The summed E-state index contributed by atoms with van der Waals surface area (Å²) in [5.41, 5.74) is 7.32. The van der Waals surface area contributed by atoms with Crippen molar-refractivity contribution in [2.24, 2.45) is 5.92 Å². The number of nitriles is 1. The molecular formula is C13H16N2. The minimum atomic E-state index is -0.296. The summed E-state index contributed by atoms with van der Waals surface area (Å²) in [7, 11) is 0. The third-order valence-electron chi connectivity index (χ3n) is 3.65. The maximum absolute atomic E-state index is 9.44. The van der Waals surface area contributed by atoms with Gasteiger partial charge in [0.25, 0.3) is 0 Å². The van der Waals surface area contributed by atoms with Crippen LogP contribution in [0.1, 0.15) is 31.7 Å². The van der Waals surface area contributed by atoms with Crippen molar-refractivity contribution >= 4 is 5.69 Å². The number of anilines is 1. The number of nitrogens with zero attached hydrogens (tertiary/aromatic N) is 1. The van der Waals surface area contributed by atoms with E-state index in [2.05, 4.69) is 13.0 Å². The Morgan fingerprint density at radius 1 is 1.53 bits per heavy atom. The van der Waals surface area contributed by atoms with E-state index < -0.39 is 0 Å². The highest BCUT2D eigenvalue weighted by atomic mass is 14.6. The summed E-state index contributed by atoms with van der Waals surface area (Å²) < 4.78 is 0. The number of benzene rings is 1. The van der Waals surface area contributed by atoms with Crippen molar-refractivity contribution in [1.82, 2.24) is 0 Å². The molecular weight excluding hydrogens is 184 g/mol. The van der Waals surface area contributed by atoms with E-state index >= 15 is 0 Å². The first kappa shape index (κ1) is 10.0. The van der Waals surface area contributed by atoms with Gasteiger partial charge in [0.15, 0.2) is 0 Å². The lowest BCUT2D eigenvalue weighted by atomic mass is 9.74. The third-order valence-corrected chi connectivity index (χ3v) is 3.65. The number of hydrogen-bond acceptors (Lipinski definition) is 2. The maximum Gasteiger partial charge on any atom is 0.0848 e. The summed E-state index contributed by atoms with van der Waals surface area (Å²) >= 11 is 0. The molecule has 0 spiro atoms. The zero-order valence-corrected chi connectivity index (χ0v) is 9.03. The van der Waals surface area contributed by atoms with Gasteiger partial charge in [-0.15, -0.1) is 0 Å². The minimum Gasteiger partial charge on any atom is -0.399 e. The van der Waals surface area contributed by atoms with E-state index in [9.17, 15) is 5.26 Å². The topological polar surface area (TPSA) is 49.8 Å². The first-order valence-corrected chi connectivity index (χ1v) is 5.46. The van der Waals surface area contributed by atoms with Gasteiger partial charge in [0.05, 0.1) is 11.5 Å². The standard InChI is InChI=1S/C13H16N2/c1-10-4-3-7-13(10,9-14)11-5-2-6-12(15)8-11/h2,5-6,8,10H,3-4,7,15H2,1H3. The van der Waals surface area contributed by atoms with Crippen molar-refractivity contribution in [3.05, 3.63) is 29.8 Å². The quantitative estimate of drug-likeness (QED) is 0.709. The lowest BCUT2D eigenvalue weighted by Gasteiger charge is -2.26. The molecule has 0 amide bonds. The monoisotopic (exact) mass is 200 g/mol. The van der Waals surface area contributed by atoms with Crippen molar-refractivity contribution in [3.63, 3.8) is 0 Å². The van der Waals surface area contributed by atoms with Crippen LogP contribution >= 0.6 is 0 Å². The average molecular weight is 200 g/mol. The Bertz CT molecular complexity index is 405. The molecule has 2 atom stereocenters. The third kappa shape index (κ3) is 1.48. The van der Waals surface area contributed by atoms with Gasteiger partial charge >= 0.3 is 0 Å². The number of nitrogens with two attached hydrogens (primary N) is 1. The maximum atomic E-state index is 9.44. The van der Waals surface area contributed by atoms with E-state index in [1.807, 2.05) is 24.3 Å².